The van der Waals surface area contributed by atoms with Gasteiger partial charge in [-0.3, -0.25) is 14.7 Å². The fraction of sp³-hybridized carbons (Fsp3) is 0.250. The number of carbonyl (C=O) groups excluding carboxylic acids is 1. The van der Waals surface area contributed by atoms with E-state index in [4.69, 9.17) is 14.2 Å². The van der Waals surface area contributed by atoms with Gasteiger partial charge in [0.15, 0.2) is 11.5 Å². The summed E-state index contributed by atoms with van der Waals surface area (Å²) in [6, 6.07) is 7.30. The minimum atomic E-state index is -0.155. The third-order valence-electron chi connectivity index (χ3n) is 4.22. The van der Waals surface area contributed by atoms with E-state index in [1.54, 1.807) is 56.8 Å². The Morgan fingerprint density at radius 2 is 1.67 bits per heavy atom. The van der Waals surface area contributed by atoms with Gasteiger partial charge in [0.1, 0.15) is 11.5 Å². The molecule has 0 bridgehead atoms. The lowest BCUT2D eigenvalue weighted by atomic mass is 10.1. The largest absolute Gasteiger partial charge is 0.493 e. The molecule has 0 aliphatic carbocycles. The summed E-state index contributed by atoms with van der Waals surface area (Å²) in [6.45, 7) is 2.26. The maximum Gasteiger partial charge on any atom is 0.278 e. The van der Waals surface area contributed by atoms with E-state index in [0.717, 1.165) is 11.1 Å². The molecule has 1 aliphatic rings. The highest BCUT2D eigenvalue weighted by atomic mass is 16.5. The van der Waals surface area contributed by atoms with Gasteiger partial charge in [-0.15, -0.1) is 0 Å². The molecule has 0 unspecified atom stereocenters. The van der Waals surface area contributed by atoms with Crippen molar-refractivity contribution >= 4 is 17.8 Å². The SMILES string of the molecule is COc1cc(/C=C2/N=C(C)N(Cc3ccncc3)C2=O)cc(OC)c1OC. The molecule has 7 heteroatoms. The molecular formula is C20H21N3O4. The third kappa shape index (κ3) is 3.76. The van der Waals surface area contributed by atoms with Crippen LogP contribution in [-0.2, 0) is 11.3 Å². The van der Waals surface area contributed by atoms with Crippen molar-refractivity contribution in [2.75, 3.05) is 21.3 Å². The second-order valence-electron chi connectivity index (χ2n) is 5.89. The topological polar surface area (TPSA) is 73.2 Å². The molecule has 0 saturated carbocycles. The van der Waals surface area contributed by atoms with Crippen LogP contribution in [-0.4, -0.2) is 43.0 Å². The Morgan fingerprint density at radius 3 is 2.22 bits per heavy atom. The van der Waals surface area contributed by atoms with Crippen LogP contribution in [0.25, 0.3) is 6.08 Å². The van der Waals surface area contributed by atoms with E-state index in [9.17, 15) is 4.79 Å². The first-order valence-corrected chi connectivity index (χ1v) is 8.35. The number of benzene rings is 1. The first-order valence-electron chi connectivity index (χ1n) is 8.35. The molecule has 2 heterocycles. The highest BCUT2D eigenvalue weighted by Gasteiger charge is 2.27. The predicted octanol–water partition coefficient (Wildman–Crippen LogP) is 2.91. The molecule has 1 amide bonds. The Bertz CT molecular complexity index is 882. The monoisotopic (exact) mass is 367 g/mol. The maximum absolute atomic E-state index is 12.8. The molecule has 0 saturated heterocycles. The number of hydrogen-bond donors (Lipinski definition) is 0. The summed E-state index contributed by atoms with van der Waals surface area (Å²) in [7, 11) is 4.64. The number of nitrogens with zero attached hydrogens (tertiary/aromatic N) is 3. The molecule has 0 fully saturated rings. The van der Waals surface area contributed by atoms with Gasteiger partial charge < -0.3 is 14.2 Å². The van der Waals surface area contributed by atoms with Crippen LogP contribution in [0.1, 0.15) is 18.1 Å². The molecule has 140 valence electrons. The van der Waals surface area contributed by atoms with Gasteiger partial charge in [0.25, 0.3) is 5.91 Å². The summed E-state index contributed by atoms with van der Waals surface area (Å²) < 4.78 is 16.0. The van der Waals surface area contributed by atoms with Gasteiger partial charge >= 0.3 is 0 Å². The van der Waals surface area contributed by atoms with Crippen LogP contribution in [0, 0.1) is 0 Å². The van der Waals surface area contributed by atoms with Gasteiger partial charge in [0.2, 0.25) is 5.75 Å². The zero-order valence-electron chi connectivity index (χ0n) is 15.7. The number of rotatable bonds is 6. The van der Waals surface area contributed by atoms with Crippen LogP contribution in [0.4, 0.5) is 0 Å². The van der Waals surface area contributed by atoms with Crippen molar-refractivity contribution in [2.45, 2.75) is 13.5 Å². The quantitative estimate of drug-likeness (QED) is 0.734. The summed E-state index contributed by atoms with van der Waals surface area (Å²) in [4.78, 5) is 22.9. The normalized spacial score (nSPS) is 15.1. The second-order valence-corrected chi connectivity index (χ2v) is 5.89. The molecule has 2 aromatic rings. The van der Waals surface area contributed by atoms with E-state index in [2.05, 4.69) is 9.98 Å². The van der Waals surface area contributed by atoms with Crippen molar-refractivity contribution in [2.24, 2.45) is 4.99 Å². The fourth-order valence-electron chi connectivity index (χ4n) is 2.86. The van der Waals surface area contributed by atoms with Crippen molar-refractivity contribution in [3.63, 3.8) is 0 Å². The van der Waals surface area contributed by atoms with Crippen molar-refractivity contribution in [3.8, 4) is 17.2 Å². The van der Waals surface area contributed by atoms with Crippen LogP contribution in [0.5, 0.6) is 17.2 Å². The van der Waals surface area contributed by atoms with Crippen LogP contribution >= 0.6 is 0 Å². The summed E-state index contributed by atoms with van der Waals surface area (Å²) in [6.07, 6.45) is 5.12. The number of aromatic nitrogens is 1. The predicted molar refractivity (Wildman–Crippen MR) is 102 cm³/mol. The standard InChI is InChI=1S/C20H21N3O4/c1-13-22-16(20(24)23(13)12-14-5-7-21-8-6-14)9-15-10-17(25-2)19(27-4)18(11-15)26-3/h5-11H,12H2,1-4H3/b16-9+. The Morgan fingerprint density at radius 1 is 1.04 bits per heavy atom. The summed E-state index contributed by atoms with van der Waals surface area (Å²) in [5, 5.41) is 0. The molecule has 0 spiro atoms. The smallest absolute Gasteiger partial charge is 0.278 e. The lowest BCUT2D eigenvalue weighted by Crippen LogP contribution is -2.29. The molecule has 7 nitrogen and oxygen atoms in total. The molecule has 27 heavy (non-hydrogen) atoms. The average Bonchev–Trinajstić information content (AvgIpc) is 2.95. The second kappa shape index (κ2) is 7.90. The van der Waals surface area contributed by atoms with Gasteiger partial charge in [-0.2, -0.15) is 0 Å². The highest BCUT2D eigenvalue weighted by molar-refractivity contribution is 6.13. The molecule has 1 aromatic heterocycles. The van der Waals surface area contributed by atoms with E-state index in [1.807, 2.05) is 19.1 Å². The number of hydrogen-bond acceptors (Lipinski definition) is 6. The molecule has 0 N–H and O–H groups in total. The summed E-state index contributed by atoms with van der Waals surface area (Å²) >= 11 is 0. The summed E-state index contributed by atoms with van der Waals surface area (Å²) in [5.74, 6) is 2.03. The van der Waals surface area contributed by atoms with Crippen molar-refractivity contribution in [3.05, 3.63) is 53.5 Å². The van der Waals surface area contributed by atoms with Crippen LogP contribution < -0.4 is 14.2 Å². The number of pyridine rings is 1. The number of ether oxygens (including phenoxy) is 3. The lowest BCUT2D eigenvalue weighted by molar-refractivity contribution is -0.123. The molecule has 1 aliphatic heterocycles. The zero-order valence-corrected chi connectivity index (χ0v) is 15.7. The van der Waals surface area contributed by atoms with Gasteiger partial charge in [-0.1, -0.05) is 0 Å². The molecule has 3 rings (SSSR count). The van der Waals surface area contributed by atoms with Gasteiger partial charge in [0.05, 0.1) is 27.9 Å². The first kappa shape index (κ1) is 18.4. The number of aliphatic imine (C=N–C) groups is 1. The summed E-state index contributed by atoms with van der Waals surface area (Å²) in [5.41, 5.74) is 2.08. The maximum atomic E-state index is 12.8. The Hall–Kier alpha value is -3.35. The van der Waals surface area contributed by atoms with Crippen LogP contribution in [0.3, 0.4) is 0 Å². The van der Waals surface area contributed by atoms with Crippen molar-refractivity contribution in [1.29, 1.82) is 0 Å². The van der Waals surface area contributed by atoms with E-state index in [1.165, 1.54) is 0 Å². The molecule has 1 aromatic carbocycles. The highest BCUT2D eigenvalue weighted by Crippen LogP contribution is 2.39. The lowest BCUT2D eigenvalue weighted by Gasteiger charge is -2.15. The number of amidine groups is 1. The average molecular weight is 367 g/mol. The minimum absolute atomic E-state index is 0.155. The van der Waals surface area contributed by atoms with E-state index in [-0.39, 0.29) is 5.91 Å². The molecule has 0 radical (unpaired) electrons. The Labute approximate surface area is 157 Å². The van der Waals surface area contributed by atoms with E-state index >= 15 is 0 Å². The molecule has 0 atom stereocenters. The van der Waals surface area contributed by atoms with Crippen molar-refractivity contribution in [1.82, 2.24) is 9.88 Å². The Balaban J connectivity index is 1.91. The first-order chi connectivity index (χ1) is 13.1. The number of methoxy groups -OCH3 is 3. The fourth-order valence-corrected chi connectivity index (χ4v) is 2.86. The molecular weight excluding hydrogens is 346 g/mol. The van der Waals surface area contributed by atoms with E-state index < -0.39 is 0 Å². The van der Waals surface area contributed by atoms with Gasteiger partial charge in [-0.25, -0.2) is 4.99 Å². The van der Waals surface area contributed by atoms with Crippen LogP contribution in [0.15, 0.2) is 47.3 Å². The van der Waals surface area contributed by atoms with Gasteiger partial charge in [0, 0.05) is 12.4 Å². The van der Waals surface area contributed by atoms with Crippen LogP contribution in [0.2, 0.25) is 0 Å². The van der Waals surface area contributed by atoms with E-state index in [0.29, 0.717) is 35.3 Å². The Kier molecular flexibility index (Phi) is 5.40. The third-order valence-corrected chi connectivity index (χ3v) is 4.22. The van der Waals surface area contributed by atoms with Gasteiger partial charge in [-0.05, 0) is 48.4 Å². The number of carbonyl (C=O) groups is 1. The zero-order chi connectivity index (χ0) is 19.4. The van der Waals surface area contributed by atoms with Crippen molar-refractivity contribution < 1.29 is 19.0 Å². The minimum Gasteiger partial charge on any atom is -0.493 e. The number of amides is 1.